The smallest absolute Gasteiger partial charge is 0.277 e. The third-order valence-electron chi connectivity index (χ3n) is 4.40. The minimum Gasteiger partial charge on any atom is -0.305 e. The van der Waals surface area contributed by atoms with Crippen LogP contribution in [0.3, 0.4) is 0 Å². The Hall–Kier alpha value is -3.09. The number of amides is 1. The largest absolute Gasteiger partial charge is 0.305 e. The zero-order valence-electron chi connectivity index (χ0n) is 15.3. The monoisotopic (exact) mass is 425 g/mol. The van der Waals surface area contributed by atoms with Crippen molar-refractivity contribution in [2.24, 2.45) is 0 Å². The van der Waals surface area contributed by atoms with E-state index in [4.69, 9.17) is 23.2 Å². The molecule has 1 N–H and O–H groups in total. The molecular weight excluding hydrogens is 409 g/mol. The lowest BCUT2D eigenvalue weighted by Gasteiger charge is -2.08. The molecule has 0 aliphatic heterocycles. The molecule has 0 radical (unpaired) electrons. The van der Waals surface area contributed by atoms with Gasteiger partial charge < -0.3 is 5.32 Å². The first-order valence-corrected chi connectivity index (χ1v) is 9.74. The molecular formula is C21H17Cl2N5O. The van der Waals surface area contributed by atoms with E-state index >= 15 is 0 Å². The molecule has 8 heteroatoms. The molecule has 0 saturated carbocycles. The molecule has 0 atom stereocenters. The molecule has 146 valence electrons. The number of hydrogen-bond acceptors (Lipinski definition) is 3. The summed E-state index contributed by atoms with van der Waals surface area (Å²) < 4.78 is 3.34. The van der Waals surface area contributed by atoms with Crippen LogP contribution < -0.4 is 5.32 Å². The summed E-state index contributed by atoms with van der Waals surface area (Å²) in [5.41, 5.74) is 2.21. The number of rotatable bonds is 6. The first kappa shape index (κ1) is 19.2. The first-order chi connectivity index (χ1) is 14.1. The maximum atomic E-state index is 12.6. The van der Waals surface area contributed by atoms with Crippen LogP contribution in [0.2, 0.25) is 10.0 Å². The van der Waals surface area contributed by atoms with Crippen LogP contribution in [-0.2, 0) is 13.0 Å². The van der Waals surface area contributed by atoms with Gasteiger partial charge in [0, 0.05) is 18.8 Å². The molecule has 2 aromatic heterocycles. The van der Waals surface area contributed by atoms with Gasteiger partial charge in [0.25, 0.3) is 5.91 Å². The Kier molecular flexibility index (Phi) is 5.64. The molecule has 0 spiro atoms. The van der Waals surface area contributed by atoms with Crippen molar-refractivity contribution in [3.8, 4) is 5.69 Å². The van der Waals surface area contributed by atoms with E-state index in [1.807, 2.05) is 18.2 Å². The van der Waals surface area contributed by atoms with Crippen molar-refractivity contribution in [1.82, 2.24) is 19.6 Å². The van der Waals surface area contributed by atoms with Gasteiger partial charge in [0.1, 0.15) is 5.82 Å². The normalized spacial score (nSPS) is 10.8. The van der Waals surface area contributed by atoms with E-state index in [2.05, 4.69) is 27.6 Å². The second-order valence-corrected chi connectivity index (χ2v) is 7.19. The van der Waals surface area contributed by atoms with Gasteiger partial charge in [-0.05, 0) is 36.2 Å². The minimum atomic E-state index is -0.315. The number of nitrogens with one attached hydrogen (secondary N) is 1. The molecule has 29 heavy (non-hydrogen) atoms. The van der Waals surface area contributed by atoms with Crippen LogP contribution in [0.15, 0.2) is 73.1 Å². The number of halogens is 2. The second kappa shape index (κ2) is 8.51. The zero-order valence-corrected chi connectivity index (χ0v) is 16.8. The molecule has 4 rings (SSSR count). The fourth-order valence-electron chi connectivity index (χ4n) is 2.89. The van der Waals surface area contributed by atoms with Crippen LogP contribution in [0.5, 0.6) is 0 Å². The Balaban J connectivity index is 1.44. The predicted octanol–water partition coefficient (Wildman–Crippen LogP) is 4.87. The van der Waals surface area contributed by atoms with Crippen LogP contribution >= 0.6 is 23.2 Å². The number of carbonyl (C=O) groups is 1. The van der Waals surface area contributed by atoms with Gasteiger partial charge in [-0.15, -0.1) is 0 Å². The molecule has 0 aliphatic carbocycles. The molecule has 1 amide bonds. The van der Waals surface area contributed by atoms with Gasteiger partial charge >= 0.3 is 0 Å². The molecule has 2 aromatic carbocycles. The highest BCUT2D eigenvalue weighted by atomic mass is 35.5. The third-order valence-corrected chi connectivity index (χ3v) is 5.14. The first-order valence-electron chi connectivity index (χ1n) is 8.98. The van der Waals surface area contributed by atoms with Crippen LogP contribution in [0.25, 0.3) is 5.69 Å². The zero-order chi connectivity index (χ0) is 20.2. The Bertz CT molecular complexity index is 1140. The summed E-state index contributed by atoms with van der Waals surface area (Å²) in [5, 5.41) is 12.4. The molecule has 6 nitrogen and oxygen atoms in total. The van der Waals surface area contributed by atoms with Crippen molar-refractivity contribution in [2.45, 2.75) is 13.0 Å². The quantitative estimate of drug-likeness (QED) is 0.479. The van der Waals surface area contributed by atoms with Crippen molar-refractivity contribution in [3.63, 3.8) is 0 Å². The highest BCUT2D eigenvalue weighted by molar-refractivity contribution is 6.42. The van der Waals surface area contributed by atoms with Gasteiger partial charge in [0.15, 0.2) is 5.69 Å². The lowest BCUT2D eigenvalue weighted by Crippen LogP contribution is -2.17. The highest BCUT2D eigenvalue weighted by Gasteiger charge is 2.13. The average Bonchev–Trinajstić information content (AvgIpc) is 3.39. The van der Waals surface area contributed by atoms with Gasteiger partial charge in [-0.1, -0.05) is 53.5 Å². The van der Waals surface area contributed by atoms with Gasteiger partial charge in [-0.3, -0.25) is 4.79 Å². The predicted molar refractivity (Wildman–Crippen MR) is 114 cm³/mol. The Morgan fingerprint density at radius 2 is 1.83 bits per heavy atom. The van der Waals surface area contributed by atoms with E-state index in [0.717, 1.165) is 6.42 Å². The summed E-state index contributed by atoms with van der Waals surface area (Å²) in [6.07, 6.45) is 4.17. The van der Waals surface area contributed by atoms with Crippen LogP contribution in [-0.4, -0.2) is 25.5 Å². The molecule has 0 saturated heterocycles. The number of carbonyl (C=O) groups excluding carboxylic acids is 1. The lowest BCUT2D eigenvalue weighted by atomic mass is 10.1. The van der Waals surface area contributed by atoms with Crippen LogP contribution in [0, 0.1) is 0 Å². The van der Waals surface area contributed by atoms with E-state index in [9.17, 15) is 4.79 Å². The summed E-state index contributed by atoms with van der Waals surface area (Å²) in [7, 11) is 0. The van der Waals surface area contributed by atoms with Crippen LogP contribution in [0.1, 0.15) is 16.1 Å². The van der Waals surface area contributed by atoms with Gasteiger partial charge in [-0.25, -0.2) is 9.36 Å². The summed E-state index contributed by atoms with van der Waals surface area (Å²) >= 11 is 12.0. The average molecular weight is 426 g/mol. The lowest BCUT2D eigenvalue weighted by molar-refractivity contribution is 0.102. The maximum absolute atomic E-state index is 12.6. The number of anilines is 1. The van der Waals surface area contributed by atoms with Crippen molar-refractivity contribution >= 4 is 34.9 Å². The fraction of sp³-hybridized carbons (Fsp3) is 0.0952. The van der Waals surface area contributed by atoms with Crippen molar-refractivity contribution in [3.05, 3.63) is 94.4 Å². The molecule has 2 heterocycles. The number of benzene rings is 2. The fourth-order valence-corrected chi connectivity index (χ4v) is 3.19. The topological polar surface area (TPSA) is 64.7 Å². The third kappa shape index (κ3) is 4.50. The highest BCUT2D eigenvalue weighted by Crippen LogP contribution is 2.24. The summed E-state index contributed by atoms with van der Waals surface area (Å²) in [5.74, 6) is 0.306. The maximum Gasteiger partial charge on any atom is 0.277 e. The Labute approximate surface area is 177 Å². The van der Waals surface area contributed by atoms with E-state index in [-0.39, 0.29) is 11.6 Å². The Morgan fingerprint density at radius 3 is 2.62 bits per heavy atom. The summed E-state index contributed by atoms with van der Waals surface area (Å²) in [6, 6.07) is 18.7. The number of aromatic nitrogens is 4. The minimum absolute atomic E-state index is 0.284. The van der Waals surface area contributed by atoms with Crippen molar-refractivity contribution in [1.29, 1.82) is 0 Å². The SMILES string of the molecule is O=C(Nc1ccnn1CCc1ccccc1)c1ccn(-c2ccc(Cl)c(Cl)c2)n1. The summed E-state index contributed by atoms with van der Waals surface area (Å²) in [4.78, 5) is 12.6. The van der Waals surface area contributed by atoms with Crippen molar-refractivity contribution in [2.75, 3.05) is 5.32 Å². The number of nitrogens with zero attached hydrogens (tertiary/aromatic N) is 4. The molecule has 0 bridgehead atoms. The van der Waals surface area contributed by atoms with Crippen LogP contribution in [0.4, 0.5) is 5.82 Å². The molecule has 0 aliphatic rings. The molecule has 0 fully saturated rings. The van der Waals surface area contributed by atoms with Crippen molar-refractivity contribution < 1.29 is 4.79 Å². The molecule has 4 aromatic rings. The second-order valence-electron chi connectivity index (χ2n) is 6.37. The molecule has 0 unspecified atom stereocenters. The number of aryl methyl sites for hydroxylation is 2. The Morgan fingerprint density at radius 1 is 1.00 bits per heavy atom. The number of hydrogen-bond donors (Lipinski definition) is 1. The summed E-state index contributed by atoms with van der Waals surface area (Å²) in [6.45, 7) is 0.657. The van der Waals surface area contributed by atoms with E-state index in [1.165, 1.54) is 5.56 Å². The van der Waals surface area contributed by atoms with Gasteiger partial charge in [0.05, 0.1) is 21.9 Å². The van der Waals surface area contributed by atoms with Gasteiger partial charge in [0.2, 0.25) is 0 Å². The standard InChI is InChI=1S/C21H17Cl2N5O/c22-17-7-6-16(14-18(17)23)27-13-10-19(26-27)21(29)25-20-8-11-24-28(20)12-9-15-4-2-1-3-5-15/h1-8,10-11,13-14H,9,12H2,(H,25,29). The van der Waals surface area contributed by atoms with E-state index in [0.29, 0.717) is 28.1 Å². The van der Waals surface area contributed by atoms with Gasteiger partial charge in [-0.2, -0.15) is 10.2 Å². The van der Waals surface area contributed by atoms with E-state index in [1.54, 1.807) is 52.1 Å². The van der Waals surface area contributed by atoms with E-state index < -0.39 is 0 Å².